The van der Waals surface area contributed by atoms with E-state index in [1.54, 1.807) is 6.07 Å². The minimum atomic E-state index is -0.545. The second-order valence-electron chi connectivity index (χ2n) is 5.14. The highest BCUT2D eigenvalue weighted by atomic mass is 32.1. The molecule has 3 rings (SSSR count). The second-order valence-corrected chi connectivity index (χ2v) is 6.00. The van der Waals surface area contributed by atoms with E-state index in [1.807, 2.05) is 5.38 Å². The maximum atomic E-state index is 14.4. The van der Waals surface area contributed by atoms with Gasteiger partial charge in [0.2, 0.25) is 0 Å². The Bertz CT molecular complexity index is 847. The van der Waals surface area contributed by atoms with Crippen molar-refractivity contribution in [2.24, 2.45) is 0 Å². The first kappa shape index (κ1) is 14.6. The lowest BCUT2D eigenvalue weighted by Gasteiger charge is -2.07. The Morgan fingerprint density at radius 2 is 2.00 bits per heavy atom. The molecule has 0 bridgehead atoms. The van der Waals surface area contributed by atoms with Crippen molar-refractivity contribution in [1.29, 1.82) is 0 Å². The van der Waals surface area contributed by atoms with Crippen LogP contribution in [-0.4, -0.2) is 22.1 Å². The molecule has 3 aromatic rings. The molecule has 0 aliphatic carbocycles. The van der Waals surface area contributed by atoms with Crippen LogP contribution in [0.15, 0.2) is 17.5 Å². The molecule has 22 heavy (non-hydrogen) atoms. The van der Waals surface area contributed by atoms with Crippen LogP contribution in [0, 0.1) is 5.82 Å². The number of nitrogens with zero attached hydrogens (tertiary/aromatic N) is 3. The Kier molecular flexibility index (Phi) is 3.66. The third kappa shape index (κ3) is 2.37. The Morgan fingerprint density at radius 3 is 2.64 bits per heavy atom. The number of fused-ring (bicyclic) bond motifs is 1. The van der Waals surface area contributed by atoms with Crippen molar-refractivity contribution in [2.75, 3.05) is 12.8 Å². The summed E-state index contributed by atoms with van der Waals surface area (Å²) in [6.07, 6.45) is 0. The molecular weight excluding hydrogens is 303 g/mol. The number of rotatable bonds is 3. The molecule has 0 atom stereocenters. The molecule has 1 aromatic carbocycles. The molecule has 7 heteroatoms. The Balaban J connectivity index is 2.20. The van der Waals surface area contributed by atoms with Crippen molar-refractivity contribution in [3.63, 3.8) is 0 Å². The van der Waals surface area contributed by atoms with Crippen LogP contribution >= 0.6 is 11.3 Å². The molecule has 0 aliphatic heterocycles. The number of anilines is 1. The summed E-state index contributed by atoms with van der Waals surface area (Å²) in [5.74, 6) is 0.436. The number of nitrogens with two attached hydrogens (primary N) is 1. The van der Waals surface area contributed by atoms with Gasteiger partial charge < -0.3 is 10.5 Å². The first-order valence-corrected chi connectivity index (χ1v) is 7.64. The van der Waals surface area contributed by atoms with Crippen LogP contribution in [0.5, 0.6) is 5.75 Å². The molecule has 0 amide bonds. The van der Waals surface area contributed by atoms with E-state index in [1.165, 1.54) is 24.5 Å². The highest BCUT2D eigenvalue weighted by Gasteiger charge is 2.16. The van der Waals surface area contributed by atoms with Gasteiger partial charge in [-0.1, -0.05) is 13.8 Å². The van der Waals surface area contributed by atoms with Gasteiger partial charge in [0, 0.05) is 10.8 Å². The zero-order chi connectivity index (χ0) is 15.9. The number of hydrogen-bond donors (Lipinski definition) is 1. The minimum Gasteiger partial charge on any atom is -0.494 e. The molecule has 0 saturated heterocycles. The van der Waals surface area contributed by atoms with Crippen LogP contribution in [0.1, 0.15) is 25.5 Å². The summed E-state index contributed by atoms with van der Waals surface area (Å²) in [5.41, 5.74) is 7.03. The van der Waals surface area contributed by atoms with Crippen molar-refractivity contribution in [1.82, 2.24) is 15.0 Å². The number of halogens is 1. The van der Waals surface area contributed by atoms with Gasteiger partial charge in [0.05, 0.1) is 12.8 Å². The molecule has 0 fully saturated rings. The van der Waals surface area contributed by atoms with Crippen LogP contribution < -0.4 is 10.5 Å². The smallest absolute Gasteiger partial charge is 0.191 e. The molecule has 0 aliphatic rings. The van der Waals surface area contributed by atoms with Crippen molar-refractivity contribution in [3.8, 4) is 16.6 Å². The predicted molar refractivity (Wildman–Crippen MR) is 85.7 cm³/mol. The zero-order valence-corrected chi connectivity index (χ0v) is 13.2. The van der Waals surface area contributed by atoms with E-state index in [0.717, 1.165) is 5.69 Å². The third-order valence-corrected chi connectivity index (χ3v) is 4.18. The average Bonchev–Trinajstić information content (AvgIpc) is 2.98. The Hall–Kier alpha value is -2.28. The normalized spacial score (nSPS) is 11.3. The lowest BCUT2D eigenvalue weighted by molar-refractivity contribution is 0.388. The lowest BCUT2D eigenvalue weighted by Crippen LogP contribution is -2.00. The van der Waals surface area contributed by atoms with Crippen LogP contribution in [0.4, 0.5) is 10.2 Å². The number of hydrogen-bond acceptors (Lipinski definition) is 6. The van der Waals surface area contributed by atoms with Crippen LogP contribution in [0.2, 0.25) is 0 Å². The molecular formula is C15H15FN4OS. The van der Waals surface area contributed by atoms with Crippen molar-refractivity contribution in [3.05, 3.63) is 29.0 Å². The van der Waals surface area contributed by atoms with Gasteiger partial charge in [-0.25, -0.2) is 19.3 Å². The van der Waals surface area contributed by atoms with E-state index >= 15 is 0 Å². The largest absolute Gasteiger partial charge is 0.494 e. The molecule has 0 unspecified atom stereocenters. The van der Waals surface area contributed by atoms with E-state index in [0.29, 0.717) is 22.1 Å². The fourth-order valence-electron chi connectivity index (χ4n) is 2.07. The van der Waals surface area contributed by atoms with Crippen LogP contribution in [0.3, 0.4) is 0 Å². The second kappa shape index (κ2) is 5.49. The van der Waals surface area contributed by atoms with Crippen molar-refractivity contribution in [2.45, 2.75) is 19.8 Å². The first-order valence-electron chi connectivity index (χ1n) is 6.76. The van der Waals surface area contributed by atoms with Crippen molar-refractivity contribution >= 4 is 28.1 Å². The number of ether oxygens (including phenoxy) is 1. The summed E-state index contributed by atoms with van der Waals surface area (Å²) < 4.78 is 19.4. The summed E-state index contributed by atoms with van der Waals surface area (Å²) in [6.45, 7) is 4.11. The summed E-state index contributed by atoms with van der Waals surface area (Å²) in [5, 5.41) is 3.04. The van der Waals surface area contributed by atoms with E-state index in [-0.39, 0.29) is 17.1 Å². The summed E-state index contributed by atoms with van der Waals surface area (Å²) in [4.78, 5) is 13.0. The van der Waals surface area contributed by atoms with E-state index in [2.05, 4.69) is 28.8 Å². The molecule has 2 N–H and O–H groups in total. The van der Waals surface area contributed by atoms with Gasteiger partial charge in [-0.2, -0.15) is 0 Å². The summed E-state index contributed by atoms with van der Waals surface area (Å²) >= 11 is 1.42. The zero-order valence-electron chi connectivity index (χ0n) is 12.4. The Labute approximate surface area is 131 Å². The molecule has 2 heterocycles. The van der Waals surface area contributed by atoms with Gasteiger partial charge in [-0.05, 0) is 18.1 Å². The topological polar surface area (TPSA) is 73.9 Å². The highest BCUT2D eigenvalue weighted by molar-refractivity contribution is 7.13. The molecule has 5 nitrogen and oxygen atoms in total. The SMILES string of the molecule is COc1ccc2c(N)nc(-c3nc(C(C)C)cs3)nc2c1F. The number of benzene rings is 1. The first-order chi connectivity index (χ1) is 10.5. The molecule has 0 saturated carbocycles. The molecule has 0 radical (unpaired) electrons. The minimum absolute atomic E-state index is 0.124. The number of aromatic nitrogens is 3. The van der Waals surface area contributed by atoms with E-state index in [9.17, 15) is 4.39 Å². The number of methoxy groups -OCH3 is 1. The summed E-state index contributed by atoms with van der Waals surface area (Å²) in [6, 6.07) is 3.16. The fraction of sp³-hybridized carbons (Fsp3) is 0.267. The maximum Gasteiger partial charge on any atom is 0.191 e. The van der Waals surface area contributed by atoms with Crippen LogP contribution in [-0.2, 0) is 0 Å². The molecule has 114 valence electrons. The predicted octanol–water partition coefficient (Wildman–Crippen LogP) is 3.61. The lowest BCUT2D eigenvalue weighted by atomic mass is 10.2. The highest BCUT2D eigenvalue weighted by Crippen LogP contribution is 2.31. The van der Waals surface area contributed by atoms with E-state index in [4.69, 9.17) is 10.5 Å². The van der Waals surface area contributed by atoms with E-state index < -0.39 is 5.82 Å². The standard InChI is InChI=1S/C15H15FN4OS/c1-7(2)9-6-22-15(18-9)14-19-12-8(13(17)20-14)4-5-10(21-3)11(12)16/h4-7H,1-3H3,(H2,17,19,20). The Morgan fingerprint density at radius 1 is 1.23 bits per heavy atom. The van der Waals surface area contributed by atoms with Gasteiger partial charge in [-0.3, -0.25) is 0 Å². The van der Waals surface area contributed by atoms with Gasteiger partial charge >= 0.3 is 0 Å². The fourth-order valence-corrected chi connectivity index (χ4v) is 2.99. The maximum absolute atomic E-state index is 14.4. The van der Waals surface area contributed by atoms with Gasteiger partial charge in [0.1, 0.15) is 11.3 Å². The van der Waals surface area contributed by atoms with Crippen LogP contribution in [0.25, 0.3) is 21.7 Å². The van der Waals surface area contributed by atoms with Crippen molar-refractivity contribution < 1.29 is 9.13 Å². The number of thiazole rings is 1. The molecule has 2 aromatic heterocycles. The third-order valence-electron chi connectivity index (χ3n) is 3.33. The quantitative estimate of drug-likeness (QED) is 0.798. The average molecular weight is 318 g/mol. The summed E-state index contributed by atoms with van der Waals surface area (Å²) in [7, 11) is 1.41. The van der Waals surface area contributed by atoms with Gasteiger partial charge in [0.15, 0.2) is 22.4 Å². The molecule has 0 spiro atoms. The van der Waals surface area contributed by atoms with Gasteiger partial charge in [-0.15, -0.1) is 11.3 Å². The van der Waals surface area contributed by atoms with Gasteiger partial charge in [0.25, 0.3) is 0 Å². The number of nitrogen functional groups attached to an aromatic ring is 1. The monoisotopic (exact) mass is 318 g/mol.